The molecular weight excluding hydrogens is 544 g/mol. The van der Waals surface area contributed by atoms with Crippen LogP contribution in [0.5, 0.6) is 0 Å². The highest BCUT2D eigenvalue weighted by Gasteiger charge is 2.52. The van der Waals surface area contributed by atoms with Crippen molar-refractivity contribution in [2.24, 2.45) is 11.5 Å². The fourth-order valence-electron chi connectivity index (χ4n) is 4.14. The molecule has 0 aromatic carbocycles. The fraction of sp³-hybridized carbons (Fsp3) is 0.818. The van der Waals surface area contributed by atoms with E-state index in [9.17, 15) is 49.8 Å². The second kappa shape index (κ2) is 15.0. The van der Waals surface area contributed by atoms with Crippen molar-refractivity contribution in [2.45, 2.75) is 100 Å². The number of rotatable bonds is 12. The molecule has 2 aliphatic rings. The van der Waals surface area contributed by atoms with Crippen molar-refractivity contribution in [3.8, 4) is 0 Å². The number of nitrogens with two attached hydrogens (primary N) is 2. The van der Waals surface area contributed by atoms with Gasteiger partial charge in [0.2, 0.25) is 17.7 Å². The molecular formula is C22H38N4O14. The number of imide groups is 1. The number of hydrogen-bond donors (Lipinski definition) is 10. The van der Waals surface area contributed by atoms with Crippen LogP contribution in [0.3, 0.4) is 0 Å². The molecule has 4 amide bonds. The Kier molecular flexibility index (Phi) is 12.7. The first-order valence-corrected chi connectivity index (χ1v) is 12.4. The second-order valence-corrected chi connectivity index (χ2v) is 9.47. The zero-order chi connectivity index (χ0) is 30.3. The van der Waals surface area contributed by atoms with Gasteiger partial charge in [-0.2, -0.15) is 0 Å². The minimum absolute atomic E-state index is 0.130. The van der Waals surface area contributed by atoms with Crippen LogP contribution in [0.25, 0.3) is 0 Å². The molecule has 230 valence electrons. The summed E-state index contributed by atoms with van der Waals surface area (Å²) in [7, 11) is 0. The van der Waals surface area contributed by atoms with Crippen LogP contribution in [-0.2, 0) is 38.1 Å². The van der Waals surface area contributed by atoms with E-state index in [0.717, 1.165) is 6.92 Å². The highest BCUT2D eigenvalue weighted by atomic mass is 16.7. The Balaban J connectivity index is 2.22. The third kappa shape index (κ3) is 8.57. The quantitative estimate of drug-likeness (QED) is 0.102. The van der Waals surface area contributed by atoms with Crippen LogP contribution in [0.4, 0.5) is 0 Å². The Bertz CT molecular complexity index is 896. The molecule has 2 saturated heterocycles. The summed E-state index contributed by atoms with van der Waals surface area (Å²) in [6.45, 7) is 0.756. The van der Waals surface area contributed by atoms with Gasteiger partial charge in [0.25, 0.3) is 5.91 Å². The Morgan fingerprint density at radius 1 is 0.950 bits per heavy atom. The van der Waals surface area contributed by atoms with Gasteiger partial charge in [-0.15, -0.1) is 0 Å². The number of primary amides is 1. The van der Waals surface area contributed by atoms with Gasteiger partial charge >= 0.3 is 0 Å². The van der Waals surface area contributed by atoms with Crippen molar-refractivity contribution in [3.05, 3.63) is 0 Å². The highest BCUT2D eigenvalue weighted by Crippen LogP contribution is 2.30. The summed E-state index contributed by atoms with van der Waals surface area (Å²) in [6.07, 6.45) is -16.6. The van der Waals surface area contributed by atoms with Crippen LogP contribution in [0, 0.1) is 0 Å². The first-order chi connectivity index (χ1) is 18.7. The number of hydrogen-bond acceptors (Lipinski definition) is 15. The maximum absolute atomic E-state index is 12.6. The topological polar surface area (TPSA) is 303 Å². The van der Waals surface area contributed by atoms with Crippen LogP contribution >= 0.6 is 0 Å². The molecule has 0 saturated carbocycles. The van der Waals surface area contributed by atoms with Gasteiger partial charge in [0, 0.05) is 13.3 Å². The van der Waals surface area contributed by atoms with Gasteiger partial charge in [0.1, 0.15) is 54.9 Å². The summed E-state index contributed by atoms with van der Waals surface area (Å²) in [5.74, 6) is -3.26. The molecule has 2 rings (SSSR count). The maximum Gasteiger partial charge on any atom is 0.255 e. The number of ether oxygens (including phenoxy) is 4. The van der Waals surface area contributed by atoms with Crippen LogP contribution in [0.1, 0.15) is 26.7 Å². The Morgan fingerprint density at radius 2 is 1.57 bits per heavy atom. The lowest BCUT2D eigenvalue weighted by Crippen LogP contribution is -2.68. The predicted molar refractivity (Wildman–Crippen MR) is 128 cm³/mol. The first-order valence-electron chi connectivity index (χ1n) is 12.4. The van der Waals surface area contributed by atoms with Gasteiger partial charge in [-0.25, -0.2) is 0 Å². The van der Waals surface area contributed by atoms with E-state index in [2.05, 4.69) is 5.32 Å². The number of aliphatic hydroxyl groups is 6. The molecule has 0 aliphatic carbocycles. The number of carbonyl (C=O) groups excluding carboxylic acids is 4. The second-order valence-electron chi connectivity index (χ2n) is 9.47. The molecule has 40 heavy (non-hydrogen) atoms. The summed E-state index contributed by atoms with van der Waals surface area (Å²) < 4.78 is 22.1. The molecule has 2 fully saturated rings. The van der Waals surface area contributed by atoms with E-state index < -0.39 is 110 Å². The fourth-order valence-corrected chi connectivity index (χ4v) is 4.14. The van der Waals surface area contributed by atoms with E-state index in [4.69, 9.17) is 30.4 Å². The number of carbonyl (C=O) groups is 4. The lowest BCUT2D eigenvalue weighted by Gasteiger charge is -2.47. The van der Waals surface area contributed by atoms with Gasteiger partial charge in [-0.3, -0.25) is 24.5 Å². The van der Waals surface area contributed by atoms with E-state index in [1.54, 1.807) is 0 Å². The normalized spacial score (nSPS) is 35.8. The molecule has 0 bridgehead atoms. The summed E-state index contributed by atoms with van der Waals surface area (Å²) in [6, 6.07) is -2.51. The lowest BCUT2D eigenvalue weighted by atomic mass is 9.95. The Morgan fingerprint density at radius 3 is 2.12 bits per heavy atom. The third-order valence-corrected chi connectivity index (χ3v) is 6.40. The van der Waals surface area contributed by atoms with E-state index in [0.29, 0.717) is 0 Å². The van der Waals surface area contributed by atoms with E-state index in [-0.39, 0.29) is 12.8 Å². The largest absolute Gasteiger partial charge is 0.394 e. The average molecular weight is 583 g/mol. The van der Waals surface area contributed by atoms with E-state index in [1.165, 1.54) is 6.92 Å². The van der Waals surface area contributed by atoms with Crippen LogP contribution in [-0.4, -0.2) is 141 Å². The Labute approximate surface area is 228 Å². The molecule has 0 aromatic rings. The predicted octanol–water partition coefficient (Wildman–Crippen LogP) is -6.61. The molecule has 18 heteroatoms. The zero-order valence-electron chi connectivity index (χ0n) is 21.9. The first kappa shape index (κ1) is 33.8. The smallest absolute Gasteiger partial charge is 0.255 e. The van der Waals surface area contributed by atoms with Gasteiger partial charge < -0.3 is 66.4 Å². The molecule has 2 aliphatic heterocycles. The third-order valence-electron chi connectivity index (χ3n) is 6.40. The van der Waals surface area contributed by atoms with Gasteiger partial charge in [-0.05, 0) is 13.3 Å². The highest BCUT2D eigenvalue weighted by molar-refractivity contribution is 5.97. The van der Waals surface area contributed by atoms with E-state index in [1.807, 2.05) is 5.32 Å². The standard InChI is InChI=1S/C22H38N4O14/c1-7(20(35)26-12(30)4-3-9(23)19(24)34)37-18-16(33)21(36)38-11(6-28)17(18)40-22-13(25-8(2)29)15(32)14(31)10(5-27)39-22/h7,9-11,13-18,21-22,27-28,31-33,36H,3-6,23H2,1-2H3,(H2,24,34)(H,25,29)(H,26,30,35)/t7-,9-,10-,11-,13-,14-,15-,16-,17-,18-,21+,22+/m1/s1. The zero-order valence-corrected chi connectivity index (χ0v) is 21.9. The van der Waals surface area contributed by atoms with Crippen molar-refractivity contribution >= 4 is 23.6 Å². The molecule has 12 atom stereocenters. The summed E-state index contributed by atoms with van der Waals surface area (Å²) >= 11 is 0. The molecule has 12 N–H and O–H groups in total. The van der Waals surface area contributed by atoms with E-state index >= 15 is 0 Å². The average Bonchev–Trinajstić information content (AvgIpc) is 2.89. The molecule has 0 aromatic heterocycles. The van der Waals surface area contributed by atoms with Crippen LogP contribution in [0.15, 0.2) is 0 Å². The molecule has 0 spiro atoms. The Hall–Kier alpha value is -2.36. The summed E-state index contributed by atoms with van der Waals surface area (Å²) in [4.78, 5) is 47.4. The molecule has 18 nitrogen and oxygen atoms in total. The summed E-state index contributed by atoms with van der Waals surface area (Å²) in [5.41, 5.74) is 10.5. The van der Waals surface area contributed by atoms with Crippen molar-refractivity contribution < 1.29 is 68.8 Å². The van der Waals surface area contributed by atoms with Crippen LogP contribution in [0.2, 0.25) is 0 Å². The summed E-state index contributed by atoms with van der Waals surface area (Å²) in [5, 5.41) is 65.3. The lowest BCUT2D eigenvalue weighted by molar-refractivity contribution is -0.347. The number of aliphatic hydroxyl groups excluding tert-OH is 6. The molecule has 0 unspecified atom stereocenters. The molecule has 0 radical (unpaired) electrons. The monoisotopic (exact) mass is 582 g/mol. The van der Waals surface area contributed by atoms with Gasteiger partial charge in [-0.1, -0.05) is 0 Å². The van der Waals surface area contributed by atoms with Gasteiger partial charge in [0.15, 0.2) is 12.6 Å². The minimum Gasteiger partial charge on any atom is -0.394 e. The maximum atomic E-state index is 12.6. The van der Waals surface area contributed by atoms with Gasteiger partial charge in [0.05, 0.1) is 19.3 Å². The number of amides is 4. The van der Waals surface area contributed by atoms with Crippen molar-refractivity contribution in [1.29, 1.82) is 0 Å². The van der Waals surface area contributed by atoms with Crippen molar-refractivity contribution in [1.82, 2.24) is 10.6 Å². The SMILES string of the molecule is CC(=O)N[C@H]1[C@H](O[C@H]2[C@H](O[C@H](C)C(=O)NC(=O)CC[C@@H](N)C(N)=O)[C@@H](O)[C@@H](O)O[C@@H]2CO)O[C@H](CO)[C@@H](O)[C@@H]1O. The van der Waals surface area contributed by atoms with Crippen molar-refractivity contribution in [2.75, 3.05) is 13.2 Å². The minimum atomic E-state index is -1.91. The van der Waals surface area contributed by atoms with Crippen molar-refractivity contribution in [3.63, 3.8) is 0 Å². The molecule has 2 heterocycles. The number of nitrogens with one attached hydrogen (secondary N) is 2. The van der Waals surface area contributed by atoms with Crippen LogP contribution < -0.4 is 22.1 Å².